The molecule has 0 bridgehead atoms. The number of carbonyl (C=O) groups is 1. The van der Waals surface area contributed by atoms with Crippen LogP contribution in [0.4, 0.5) is 4.79 Å². The smallest absolute Gasteiger partial charge is 0.412 e. The highest BCUT2D eigenvalue weighted by Crippen LogP contribution is 2.37. The summed E-state index contributed by atoms with van der Waals surface area (Å²) in [5, 5.41) is 10.1. The van der Waals surface area contributed by atoms with E-state index in [9.17, 15) is 9.90 Å². The Kier molecular flexibility index (Phi) is 5.73. The summed E-state index contributed by atoms with van der Waals surface area (Å²) in [5.74, 6) is 0.000579. The third-order valence-electron chi connectivity index (χ3n) is 5.09. The molecule has 1 heterocycles. The number of rotatable bonds is 6. The SMILES string of the molecule is CC(C)(C)[Si](C)(C)OCC(CN1C(=O)OCC1O)c1ccccc1. The van der Waals surface area contributed by atoms with Crippen LogP contribution in [0.1, 0.15) is 32.3 Å². The molecule has 1 aliphatic heterocycles. The van der Waals surface area contributed by atoms with E-state index in [0.717, 1.165) is 5.56 Å². The fourth-order valence-electron chi connectivity index (χ4n) is 2.38. The van der Waals surface area contributed by atoms with Crippen LogP contribution in [0, 0.1) is 0 Å². The first kappa shape index (κ1) is 19.0. The van der Waals surface area contributed by atoms with Crippen LogP contribution >= 0.6 is 0 Å². The highest BCUT2D eigenvalue weighted by Gasteiger charge is 2.39. The van der Waals surface area contributed by atoms with Crippen LogP contribution in [0.5, 0.6) is 0 Å². The number of aliphatic hydroxyl groups is 1. The van der Waals surface area contributed by atoms with Crippen molar-refractivity contribution in [3.63, 3.8) is 0 Å². The van der Waals surface area contributed by atoms with E-state index in [1.54, 1.807) is 0 Å². The molecular weight excluding hydrogens is 322 g/mol. The zero-order valence-electron chi connectivity index (χ0n) is 15.3. The number of benzene rings is 1. The van der Waals surface area contributed by atoms with E-state index in [2.05, 4.69) is 33.9 Å². The Morgan fingerprint density at radius 2 is 1.96 bits per heavy atom. The molecule has 2 rings (SSSR count). The van der Waals surface area contributed by atoms with Crippen molar-refractivity contribution in [2.24, 2.45) is 0 Å². The number of nitrogens with zero attached hydrogens (tertiary/aromatic N) is 1. The van der Waals surface area contributed by atoms with Gasteiger partial charge in [0, 0.05) is 19.1 Å². The summed E-state index contributed by atoms with van der Waals surface area (Å²) in [6.45, 7) is 12.0. The fraction of sp³-hybridized carbons (Fsp3) is 0.611. The van der Waals surface area contributed by atoms with E-state index in [0.29, 0.717) is 13.2 Å². The Hall–Kier alpha value is -1.37. The van der Waals surface area contributed by atoms with Crippen molar-refractivity contribution in [1.29, 1.82) is 0 Å². The van der Waals surface area contributed by atoms with Gasteiger partial charge in [0.1, 0.15) is 6.61 Å². The molecular formula is C18H29NO4Si. The fourth-order valence-corrected chi connectivity index (χ4v) is 3.43. The molecule has 0 aromatic heterocycles. The highest BCUT2D eigenvalue weighted by atomic mass is 28.4. The largest absolute Gasteiger partial charge is 0.445 e. The molecule has 0 spiro atoms. The van der Waals surface area contributed by atoms with Crippen LogP contribution in [-0.2, 0) is 9.16 Å². The molecule has 1 aromatic rings. The van der Waals surface area contributed by atoms with Gasteiger partial charge in [0.15, 0.2) is 14.5 Å². The van der Waals surface area contributed by atoms with Crippen LogP contribution < -0.4 is 0 Å². The van der Waals surface area contributed by atoms with Crippen molar-refractivity contribution in [2.75, 3.05) is 19.8 Å². The molecule has 1 fully saturated rings. The molecule has 2 unspecified atom stereocenters. The first-order valence-electron chi connectivity index (χ1n) is 8.42. The first-order valence-corrected chi connectivity index (χ1v) is 11.3. The Balaban J connectivity index is 2.14. The summed E-state index contributed by atoms with van der Waals surface area (Å²) in [6, 6.07) is 10.00. The third kappa shape index (κ3) is 4.37. The molecule has 0 saturated carbocycles. The lowest BCUT2D eigenvalue weighted by atomic mass is 9.99. The lowest BCUT2D eigenvalue weighted by molar-refractivity contribution is 0.0524. The predicted octanol–water partition coefficient (Wildman–Crippen LogP) is 3.56. The molecule has 1 amide bonds. The van der Waals surface area contributed by atoms with Gasteiger partial charge in [0.25, 0.3) is 0 Å². The quantitative estimate of drug-likeness (QED) is 0.796. The van der Waals surface area contributed by atoms with Crippen molar-refractivity contribution < 1.29 is 19.1 Å². The van der Waals surface area contributed by atoms with Crippen LogP contribution in [0.2, 0.25) is 18.1 Å². The minimum absolute atomic E-state index is 0.000579. The average molecular weight is 352 g/mol. The number of hydrogen-bond acceptors (Lipinski definition) is 4. The Morgan fingerprint density at radius 1 is 1.33 bits per heavy atom. The van der Waals surface area contributed by atoms with Crippen molar-refractivity contribution >= 4 is 14.4 Å². The molecule has 1 aliphatic rings. The third-order valence-corrected chi connectivity index (χ3v) is 9.59. The summed E-state index contributed by atoms with van der Waals surface area (Å²) in [7, 11) is -1.89. The topological polar surface area (TPSA) is 59.0 Å². The summed E-state index contributed by atoms with van der Waals surface area (Å²) >= 11 is 0. The zero-order chi connectivity index (χ0) is 18.0. The second kappa shape index (κ2) is 7.25. The highest BCUT2D eigenvalue weighted by molar-refractivity contribution is 6.74. The second-order valence-electron chi connectivity index (χ2n) is 7.89. The number of ether oxygens (including phenoxy) is 1. The molecule has 5 nitrogen and oxygen atoms in total. The minimum Gasteiger partial charge on any atom is -0.445 e. The van der Waals surface area contributed by atoms with Gasteiger partial charge in [-0.15, -0.1) is 0 Å². The van der Waals surface area contributed by atoms with E-state index in [1.165, 1.54) is 4.90 Å². The molecule has 1 saturated heterocycles. The number of carbonyl (C=O) groups excluding carboxylic acids is 1. The Bertz CT molecular complexity index is 556. The van der Waals surface area contributed by atoms with E-state index in [1.807, 2.05) is 30.3 Å². The van der Waals surface area contributed by atoms with Gasteiger partial charge < -0.3 is 14.3 Å². The van der Waals surface area contributed by atoms with E-state index in [-0.39, 0.29) is 17.6 Å². The standard InChI is InChI=1S/C18H29NO4Si/c1-18(2,3)24(4,5)23-12-15(14-9-7-6-8-10-14)11-19-16(20)13-22-17(19)21/h6-10,15-16,20H,11-13H2,1-5H3. The summed E-state index contributed by atoms with van der Waals surface area (Å²) in [4.78, 5) is 13.2. The van der Waals surface area contributed by atoms with Crippen LogP contribution in [0.25, 0.3) is 0 Å². The lowest BCUT2D eigenvalue weighted by Crippen LogP contribution is -2.43. The zero-order valence-corrected chi connectivity index (χ0v) is 16.3. The monoisotopic (exact) mass is 351 g/mol. The summed E-state index contributed by atoms with van der Waals surface area (Å²) in [5.41, 5.74) is 1.10. The van der Waals surface area contributed by atoms with E-state index >= 15 is 0 Å². The van der Waals surface area contributed by atoms with Crippen LogP contribution in [0.3, 0.4) is 0 Å². The minimum atomic E-state index is -1.89. The molecule has 1 aromatic carbocycles. The van der Waals surface area contributed by atoms with Gasteiger partial charge in [-0.3, -0.25) is 4.90 Å². The van der Waals surface area contributed by atoms with Crippen LogP contribution in [-0.4, -0.2) is 50.4 Å². The van der Waals surface area contributed by atoms with Gasteiger partial charge in [-0.2, -0.15) is 0 Å². The summed E-state index contributed by atoms with van der Waals surface area (Å²) < 4.78 is 11.3. The number of amides is 1. The lowest BCUT2D eigenvalue weighted by Gasteiger charge is -2.37. The van der Waals surface area contributed by atoms with E-state index in [4.69, 9.17) is 9.16 Å². The first-order chi connectivity index (χ1) is 11.1. The molecule has 1 N–H and O–H groups in total. The normalized spacial score (nSPS) is 20.2. The molecule has 134 valence electrons. The number of cyclic esters (lactones) is 1. The predicted molar refractivity (Wildman–Crippen MR) is 96.4 cm³/mol. The van der Waals surface area contributed by atoms with E-state index < -0.39 is 20.6 Å². The molecule has 6 heteroatoms. The Morgan fingerprint density at radius 3 is 2.46 bits per heavy atom. The number of hydrogen-bond donors (Lipinski definition) is 1. The second-order valence-corrected chi connectivity index (χ2v) is 12.7. The van der Waals surface area contributed by atoms with Gasteiger partial charge >= 0.3 is 6.09 Å². The van der Waals surface area contributed by atoms with Gasteiger partial charge in [-0.1, -0.05) is 51.1 Å². The van der Waals surface area contributed by atoms with Crippen molar-refractivity contribution in [1.82, 2.24) is 4.90 Å². The molecule has 24 heavy (non-hydrogen) atoms. The van der Waals surface area contributed by atoms with Crippen molar-refractivity contribution in [3.8, 4) is 0 Å². The maximum atomic E-state index is 11.8. The summed E-state index contributed by atoms with van der Waals surface area (Å²) in [6.07, 6.45) is -1.34. The van der Waals surface area contributed by atoms with Crippen LogP contribution in [0.15, 0.2) is 30.3 Å². The van der Waals surface area contributed by atoms with Gasteiger partial charge in [-0.25, -0.2) is 4.79 Å². The van der Waals surface area contributed by atoms with Crippen molar-refractivity contribution in [2.45, 2.75) is 51.0 Å². The average Bonchev–Trinajstić information content (AvgIpc) is 2.82. The maximum absolute atomic E-state index is 11.8. The maximum Gasteiger partial charge on any atom is 0.412 e. The van der Waals surface area contributed by atoms with Gasteiger partial charge in [0.2, 0.25) is 0 Å². The Labute approximate surface area is 145 Å². The van der Waals surface area contributed by atoms with Gasteiger partial charge in [0.05, 0.1) is 0 Å². The molecule has 0 radical (unpaired) electrons. The molecule has 0 aliphatic carbocycles. The molecule has 2 atom stereocenters. The van der Waals surface area contributed by atoms with Gasteiger partial charge in [-0.05, 0) is 23.7 Å². The van der Waals surface area contributed by atoms with Crippen molar-refractivity contribution in [3.05, 3.63) is 35.9 Å². The number of aliphatic hydroxyl groups excluding tert-OH is 1.